The number of aryl methyl sites for hydroxylation is 1. The zero-order valence-corrected chi connectivity index (χ0v) is 17.6. The van der Waals surface area contributed by atoms with Crippen molar-refractivity contribution >= 4 is 18.0 Å². The van der Waals surface area contributed by atoms with Crippen molar-refractivity contribution in [1.82, 2.24) is 15.0 Å². The molecule has 30 heavy (non-hydrogen) atoms. The van der Waals surface area contributed by atoms with Crippen molar-refractivity contribution in [2.24, 2.45) is 0 Å². The summed E-state index contributed by atoms with van der Waals surface area (Å²) in [6, 6.07) is 18.9. The van der Waals surface area contributed by atoms with Crippen LogP contribution in [-0.4, -0.2) is 34.2 Å². The molecule has 2 heterocycles. The summed E-state index contributed by atoms with van der Waals surface area (Å²) in [5.74, 6) is 1.30. The van der Waals surface area contributed by atoms with Gasteiger partial charge in [-0.1, -0.05) is 68.4 Å². The van der Waals surface area contributed by atoms with Crippen LogP contribution in [0.1, 0.15) is 36.4 Å². The number of nitrogens with one attached hydrogen (secondary N) is 1. The number of ether oxygens (including phenoxy) is 1. The van der Waals surface area contributed by atoms with Gasteiger partial charge in [0.25, 0.3) is 0 Å². The number of hydrogen-bond donors (Lipinski definition) is 1. The van der Waals surface area contributed by atoms with Gasteiger partial charge in [0, 0.05) is 6.54 Å². The lowest BCUT2D eigenvalue weighted by Gasteiger charge is -2.12. The number of cyclic esters (lactones) is 1. The molecular weight excluding hydrogens is 378 g/mol. The van der Waals surface area contributed by atoms with Gasteiger partial charge in [-0.05, 0) is 30.0 Å². The second-order valence-electron chi connectivity index (χ2n) is 6.60. The maximum absolute atomic E-state index is 11.7. The molecule has 1 aromatic heterocycles. The molecule has 3 aromatic rings. The van der Waals surface area contributed by atoms with Crippen LogP contribution in [0.15, 0.2) is 54.6 Å². The first-order chi connectivity index (χ1) is 14.7. The van der Waals surface area contributed by atoms with E-state index in [0.29, 0.717) is 37.4 Å². The Bertz CT molecular complexity index is 961. The Morgan fingerprint density at radius 1 is 0.933 bits per heavy atom. The smallest absolute Gasteiger partial charge is 0.416 e. The number of hydrogen-bond acceptors (Lipinski definition) is 6. The van der Waals surface area contributed by atoms with Crippen molar-refractivity contribution in [3.63, 3.8) is 0 Å². The average Bonchev–Trinajstić information content (AvgIpc) is 3.21. The number of benzene rings is 2. The van der Waals surface area contributed by atoms with Gasteiger partial charge in [0.1, 0.15) is 12.4 Å². The first-order valence-electron chi connectivity index (χ1n) is 10.2. The van der Waals surface area contributed by atoms with Gasteiger partial charge in [-0.25, -0.2) is 9.69 Å². The van der Waals surface area contributed by atoms with E-state index < -0.39 is 6.09 Å². The van der Waals surface area contributed by atoms with Crippen LogP contribution in [0.3, 0.4) is 0 Å². The van der Waals surface area contributed by atoms with E-state index in [4.69, 9.17) is 4.74 Å². The molecule has 0 unspecified atom stereocenters. The zero-order chi connectivity index (χ0) is 21.3. The van der Waals surface area contributed by atoms with E-state index in [1.54, 1.807) is 6.92 Å². The van der Waals surface area contributed by atoms with Crippen LogP contribution in [-0.2, 0) is 17.7 Å². The first kappa shape index (κ1) is 21.2. The Morgan fingerprint density at radius 2 is 1.60 bits per heavy atom. The van der Waals surface area contributed by atoms with Gasteiger partial charge < -0.3 is 10.1 Å². The van der Waals surface area contributed by atoms with Crippen LogP contribution in [0, 0.1) is 6.92 Å². The highest BCUT2D eigenvalue weighted by Crippen LogP contribution is 2.16. The SMILES string of the molecule is CC.Cc1nc(NCc2ccc(Cc3ccccc3)cc2)nc(N2CCOC2=O)n1. The van der Waals surface area contributed by atoms with Gasteiger partial charge in [-0.3, -0.25) is 0 Å². The Hall–Kier alpha value is -3.48. The number of aromatic nitrogens is 3. The molecule has 1 N–H and O–H groups in total. The Labute approximate surface area is 177 Å². The van der Waals surface area contributed by atoms with Crippen LogP contribution in [0.5, 0.6) is 0 Å². The van der Waals surface area contributed by atoms with Crippen molar-refractivity contribution in [2.75, 3.05) is 23.4 Å². The number of nitrogens with zero attached hydrogens (tertiary/aromatic N) is 4. The van der Waals surface area contributed by atoms with Gasteiger partial charge >= 0.3 is 6.09 Å². The fourth-order valence-electron chi connectivity index (χ4n) is 3.03. The third-order valence-corrected chi connectivity index (χ3v) is 4.46. The fraction of sp³-hybridized carbons (Fsp3) is 0.304. The third-order valence-electron chi connectivity index (χ3n) is 4.46. The highest BCUT2D eigenvalue weighted by Gasteiger charge is 2.26. The van der Waals surface area contributed by atoms with E-state index in [9.17, 15) is 4.79 Å². The molecule has 1 aliphatic rings. The molecule has 0 atom stereocenters. The molecular formula is C23H27N5O2. The molecule has 0 aliphatic carbocycles. The van der Waals surface area contributed by atoms with Crippen molar-refractivity contribution in [3.05, 3.63) is 77.1 Å². The predicted molar refractivity (Wildman–Crippen MR) is 118 cm³/mol. The van der Waals surface area contributed by atoms with Crippen LogP contribution in [0.25, 0.3) is 0 Å². The molecule has 156 valence electrons. The minimum absolute atomic E-state index is 0.315. The summed E-state index contributed by atoms with van der Waals surface area (Å²) in [6.45, 7) is 7.15. The topological polar surface area (TPSA) is 80.2 Å². The molecule has 1 aliphatic heterocycles. The average molecular weight is 406 g/mol. The van der Waals surface area contributed by atoms with Crippen molar-refractivity contribution in [1.29, 1.82) is 0 Å². The van der Waals surface area contributed by atoms with E-state index >= 15 is 0 Å². The minimum Gasteiger partial charge on any atom is -0.447 e. The van der Waals surface area contributed by atoms with E-state index in [-0.39, 0.29) is 0 Å². The Balaban J connectivity index is 0.00000124. The number of carbonyl (C=O) groups excluding carboxylic acids is 1. The van der Waals surface area contributed by atoms with Crippen molar-refractivity contribution in [3.8, 4) is 0 Å². The lowest BCUT2D eigenvalue weighted by atomic mass is 10.0. The highest BCUT2D eigenvalue weighted by atomic mass is 16.6. The second-order valence-corrected chi connectivity index (χ2v) is 6.60. The predicted octanol–water partition coefficient (Wildman–Crippen LogP) is 4.37. The molecule has 1 amide bonds. The first-order valence-corrected chi connectivity index (χ1v) is 10.2. The van der Waals surface area contributed by atoms with Gasteiger partial charge in [0.2, 0.25) is 11.9 Å². The standard InChI is InChI=1S/C21H21N5O2.C2H6/c1-15-23-19(25-20(24-15)26-11-12-28-21(26)27)22-14-18-9-7-17(8-10-18)13-16-5-3-2-4-6-16;1-2/h2-10H,11-14H2,1H3,(H,22,23,24,25);1-2H3. The molecule has 0 saturated carbocycles. The Kier molecular flexibility index (Phi) is 7.32. The van der Waals surface area contributed by atoms with Crippen molar-refractivity contribution < 1.29 is 9.53 Å². The maximum atomic E-state index is 11.7. The normalized spacial score (nSPS) is 12.8. The highest BCUT2D eigenvalue weighted by molar-refractivity contribution is 5.87. The minimum atomic E-state index is -0.425. The van der Waals surface area contributed by atoms with E-state index in [1.807, 2.05) is 19.9 Å². The van der Waals surface area contributed by atoms with Crippen LogP contribution >= 0.6 is 0 Å². The van der Waals surface area contributed by atoms with Gasteiger partial charge in [0.05, 0.1) is 6.54 Å². The fourth-order valence-corrected chi connectivity index (χ4v) is 3.03. The van der Waals surface area contributed by atoms with Gasteiger partial charge in [-0.2, -0.15) is 15.0 Å². The summed E-state index contributed by atoms with van der Waals surface area (Å²) >= 11 is 0. The molecule has 2 aromatic carbocycles. The number of carbonyl (C=O) groups is 1. The molecule has 7 heteroatoms. The van der Waals surface area contributed by atoms with Crippen LogP contribution < -0.4 is 10.2 Å². The molecule has 1 fully saturated rings. The zero-order valence-electron chi connectivity index (χ0n) is 17.6. The van der Waals surface area contributed by atoms with Gasteiger partial charge in [-0.15, -0.1) is 0 Å². The molecule has 7 nitrogen and oxygen atoms in total. The summed E-state index contributed by atoms with van der Waals surface area (Å²) < 4.78 is 4.95. The summed E-state index contributed by atoms with van der Waals surface area (Å²) in [5.41, 5.74) is 3.68. The van der Waals surface area contributed by atoms with Crippen LogP contribution in [0.2, 0.25) is 0 Å². The monoisotopic (exact) mass is 405 g/mol. The molecule has 1 saturated heterocycles. The largest absolute Gasteiger partial charge is 0.447 e. The number of anilines is 2. The summed E-state index contributed by atoms with van der Waals surface area (Å²) in [5, 5.41) is 3.21. The van der Waals surface area contributed by atoms with E-state index in [0.717, 1.165) is 12.0 Å². The quantitative estimate of drug-likeness (QED) is 0.656. The summed E-state index contributed by atoms with van der Waals surface area (Å²) in [4.78, 5) is 26.0. The van der Waals surface area contributed by atoms with Crippen molar-refractivity contribution in [2.45, 2.75) is 33.7 Å². The number of rotatable bonds is 6. The van der Waals surface area contributed by atoms with E-state index in [2.05, 4.69) is 68.8 Å². The lowest BCUT2D eigenvalue weighted by molar-refractivity contribution is 0.181. The molecule has 0 spiro atoms. The Morgan fingerprint density at radius 3 is 2.27 bits per heavy atom. The lowest BCUT2D eigenvalue weighted by Crippen LogP contribution is -2.26. The molecule has 4 rings (SSSR count). The number of amides is 1. The maximum Gasteiger partial charge on any atom is 0.416 e. The third kappa shape index (κ3) is 5.53. The summed E-state index contributed by atoms with van der Waals surface area (Å²) in [6.07, 6.45) is 0.488. The van der Waals surface area contributed by atoms with Gasteiger partial charge in [0.15, 0.2) is 0 Å². The second kappa shape index (κ2) is 10.3. The molecule has 0 radical (unpaired) electrons. The van der Waals surface area contributed by atoms with Crippen LogP contribution in [0.4, 0.5) is 16.7 Å². The molecule has 0 bridgehead atoms. The van der Waals surface area contributed by atoms with E-state index in [1.165, 1.54) is 16.0 Å². The summed E-state index contributed by atoms with van der Waals surface area (Å²) in [7, 11) is 0.